The third-order valence-corrected chi connectivity index (χ3v) is 5.70. The normalized spacial score (nSPS) is 11.9. The summed E-state index contributed by atoms with van der Waals surface area (Å²) in [6.07, 6.45) is 3.22. The number of aryl methyl sites for hydroxylation is 2. The largest absolute Gasteiger partial charge is 0.483 e. The third-order valence-electron chi connectivity index (χ3n) is 3.96. The van der Waals surface area contributed by atoms with Gasteiger partial charge in [0.15, 0.2) is 17.5 Å². The van der Waals surface area contributed by atoms with E-state index in [0.29, 0.717) is 18.1 Å². The van der Waals surface area contributed by atoms with Crippen molar-refractivity contribution in [2.75, 3.05) is 13.6 Å². The van der Waals surface area contributed by atoms with Gasteiger partial charge in [0.1, 0.15) is 5.75 Å². The van der Waals surface area contributed by atoms with E-state index in [-0.39, 0.29) is 18.2 Å². The number of imidazole rings is 1. The lowest BCUT2D eigenvalue weighted by atomic mass is 10.2. The highest BCUT2D eigenvalue weighted by Gasteiger charge is 2.23. The Hall–Kier alpha value is -2.72. The van der Waals surface area contributed by atoms with Gasteiger partial charge in [-0.2, -0.15) is 9.29 Å². The predicted octanol–water partition coefficient (Wildman–Crippen LogP) is 1.55. The van der Waals surface area contributed by atoms with Gasteiger partial charge < -0.3 is 13.8 Å². The average molecular weight is 391 g/mol. The molecular weight excluding hydrogens is 370 g/mol. The number of sulfonamides is 1. The number of ether oxygens (including phenoxy) is 1. The van der Waals surface area contributed by atoms with Crippen molar-refractivity contribution < 1.29 is 17.7 Å². The van der Waals surface area contributed by atoms with Gasteiger partial charge in [0.25, 0.3) is 15.9 Å². The summed E-state index contributed by atoms with van der Waals surface area (Å²) < 4.78 is 38.5. The maximum atomic E-state index is 12.4. The minimum atomic E-state index is -3.64. The summed E-state index contributed by atoms with van der Waals surface area (Å²) in [4.78, 5) is 8.14. The van der Waals surface area contributed by atoms with Crippen molar-refractivity contribution >= 4 is 10.0 Å². The molecule has 9 nitrogen and oxygen atoms in total. The molecule has 0 N–H and O–H groups in total. The van der Waals surface area contributed by atoms with Crippen LogP contribution in [0.2, 0.25) is 0 Å². The van der Waals surface area contributed by atoms with Gasteiger partial charge in [-0.15, -0.1) is 0 Å². The number of hydrogen-bond acceptors (Lipinski definition) is 7. The minimum Gasteiger partial charge on any atom is -0.483 e. The van der Waals surface area contributed by atoms with Crippen LogP contribution in [0.25, 0.3) is 0 Å². The molecule has 2 aromatic heterocycles. The number of para-hydroxylation sites is 1. The fourth-order valence-electron chi connectivity index (χ4n) is 2.37. The van der Waals surface area contributed by atoms with E-state index in [9.17, 15) is 8.42 Å². The van der Waals surface area contributed by atoms with Gasteiger partial charge in [-0.3, -0.25) is 0 Å². The molecule has 0 saturated carbocycles. The molecule has 0 bridgehead atoms. The Balaban J connectivity index is 1.55. The number of rotatable bonds is 8. The van der Waals surface area contributed by atoms with E-state index in [1.54, 1.807) is 11.6 Å². The maximum Gasteiger partial charge on any atom is 0.264 e. The van der Waals surface area contributed by atoms with Gasteiger partial charge in [0.2, 0.25) is 0 Å². The first-order chi connectivity index (χ1) is 12.9. The first kappa shape index (κ1) is 19.1. The zero-order chi connectivity index (χ0) is 19.4. The van der Waals surface area contributed by atoms with Gasteiger partial charge in [0.05, 0.1) is 6.33 Å². The van der Waals surface area contributed by atoms with Crippen LogP contribution < -0.4 is 4.74 Å². The molecule has 1 aromatic carbocycles. The van der Waals surface area contributed by atoms with Crippen molar-refractivity contribution in [3.63, 3.8) is 0 Å². The summed E-state index contributed by atoms with van der Waals surface area (Å²) in [5.41, 5.74) is 1.01. The summed E-state index contributed by atoms with van der Waals surface area (Å²) in [6, 6.07) is 7.64. The van der Waals surface area contributed by atoms with Crippen molar-refractivity contribution in [3.8, 4) is 5.75 Å². The number of nitrogens with zero attached hydrogens (tertiary/aromatic N) is 5. The van der Waals surface area contributed by atoms with Gasteiger partial charge in [-0.25, -0.2) is 13.4 Å². The Morgan fingerprint density at radius 1 is 1.30 bits per heavy atom. The highest BCUT2D eigenvalue weighted by molar-refractivity contribution is 7.89. The Morgan fingerprint density at radius 3 is 2.78 bits per heavy atom. The zero-order valence-electron chi connectivity index (χ0n) is 15.4. The molecule has 0 atom stereocenters. The van der Waals surface area contributed by atoms with Crippen molar-refractivity contribution in [1.29, 1.82) is 0 Å². The molecule has 144 valence electrons. The van der Waals surface area contributed by atoms with Gasteiger partial charge >= 0.3 is 0 Å². The highest BCUT2D eigenvalue weighted by Crippen LogP contribution is 2.17. The molecule has 27 heavy (non-hydrogen) atoms. The Kier molecular flexibility index (Phi) is 5.57. The molecule has 3 aromatic rings. The summed E-state index contributed by atoms with van der Waals surface area (Å²) in [7, 11) is -0.435. The topological polar surface area (TPSA) is 103 Å². The van der Waals surface area contributed by atoms with Crippen LogP contribution in [0.3, 0.4) is 0 Å². The summed E-state index contributed by atoms with van der Waals surface area (Å²) >= 11 is 0. The first-order valence-electron chi connectivity index (χ1n) is 8.30. The lowest BCUT2D eigenvalue weighted by molar-refractivity contribution is 0.241. The quantitative estimate of drug-likeness (QED) is 0.574. The summed E-state index contributed by atoms with van der Waals surface area (Å²) in [5.74, 6) is 1.50. The second-order valence-corrected chi connectivity index (χ2v) is 8.10. The van der Waals surface area contributed by atoms with E-state index in [0.717, 1.165) is 11.3 Å². The van der Waals surface area contributed by atoms with E-state index in [1.807, 2.05) is 31.2 Å². The molecule has 2 heterocycles. The summed E-state index contributed by atoms with van der Waals surface area (Å²) in [5, 5.41) is 3.88. The standard InChI is InChI=1S/C17H21N5O4S/c1-13-6-4-5-7-14(13)25-11-16-19-15(20-26-16)8-9-22(3)27(23,24)17-10-21(2)12-18-17/h4-7,10,12H,8-9,11H2,1-3H3. The van der Waals surface area contributed by atoms with E-state index in [4.69, 9.17) is 9.26 Å². The van der Waals surface area contributed by atoms with Crippen LogP contribution in [0.15, 0.2) is 46.3 Å². The maximum absolute atomic E-state index is 12.4. The molecule has 0 aliphatic rings. The van der Waals surface area contributed by atoms with Crippen LogP contribution in [0.1, 0.15) is 17.3 Å². The second-order valence-electron chi connectivity index (χ2n) is 6.11. The fourth-order valence-corrected chi connectivity index (χ4v) is 3.50. The van der Waals surface area contributed by atoms with Crippen LogP contribution in [0.5, 0.6) is 5.75 Å². The third kappa shape index (κ3) is 4.52. The molecule has 0 fully saturated rings. The Bertz CT molecular complexity index is 1010. The van der Waals surface area contributed by atoms with Crippen LogP contribution in [0, 0.1) is 6.92 Å². The van der Waals surface area contributed by atoms with Crippen LogP contribution in [0.4, 0.5) is 0 Å². The van der Waals surface area contributed by atoms with Crippen molar-refractivity contribution in [2.24, 2.45) is 7.05 Å². The molecule has 0 aliphatic carbocycles. The van der Waals surface area contributed by atoms with Crippen LogP contribution in [-0.2, 0) is 30.1 Å². The lowest BCUT2D eigenvalue weighted by Crippen LogP contribution is -2.29. The van der Waals surface area contributed by atoms with Crippen LogP contribution >= 0.6 is 0 Å². The Morgan fingerprint density at radius 2 is 2.07 bits per heavy atom. The molecular formula is C17H21N5O4S. The van der Waals surface area contributed by atoms with Crippen molar-refractivity contribution in [2.45, 2.75) is 25.0 Å². The van der Waals surface area contributed by atoms with Crippen LogP contribution in [-0.4, -0.2) is 46.0 Å². The molecule has 0 spiro atoms. The molecule has 3 rings (SSSR count). The van der Waals surface area contributed by atoms with E-state index in [1.165, 1.54) is 23.9 Å². The van der Waals surface area contributed by atoms with E-state index in [2.05, 4.69) is 15.1 Å². The van der Waals surface area contributed by atoms with E-state index >= 15 is 0 Å². The molecule has 10 heteroatoms. The van der Waals surface area contributed by atoms with Gasteiger partial charge in [-0.05, 0) is 18.6 Å². The Labute approximate surface area is 157 Å². The molecule has 0 aliphatic heterocycles. The SMILES string of the molecule is Cc1ccccc1OCc1nc(CCN(C)S(=O)(=O)c2cn(C)cn2)no1. The smallest absolute Gasteiger partial charge is 0.264 e. The van der Waals surface area contributed by atoms with Crippen molar-refractivity contribution in [1.82, 2.24) is 24.0 Å². The number of benzene rings is 1. The highest BCUT2D eigenvalue weighted by atomic mass is 32.2. The fraction of sp³-hybridized carbons (Fsp3) is 0.353. The summed E-state index contributed by atoms with van der Waals surface area (Å²) in [6.45, 7) is 2.31. The number of aromatic nitrogens is 4. The number of likely N-dealkylation sites (N-methyl/N-ethyl adjacent to an activating group) is 1. The van der Waals surface area contributed by atoms with Gasteiger partial charge in [-0.1, -0.05) is 23.4 Å². The molecule has 0 amide bonds. The average Bonchev–Trinajstić information content (AvgIpc) is 3.28. The second kappa shape index (κ2) is 7.89. The zero-order valence-corrected chi connectivity index (χ0v) is 16.2. The molecule has 0 radical (unpaired) electrons. The first-order valence-corrected chi connectivity index (χ1v) is 9.74. The van der Waals surface area contributed by atoms with E-state index < -0.39 is 10.0 Å². The molecule has 0 saturated heterocycles. The van der Waals surface area contributed by atoms with Gasteiger partial charge in [0, 0.05) is 33.3 Å². The van der Waals surface area contributed by atoms with Crippen molar-refractivity contribution in [3.05, 3.63) is 54.1 Å². The monoisotopic (exact) mass is 391 g/mol. The predicted molar refractivity (Wildman–Crippen MR) is 96.5 cm³/mol. The minimum absolute atomic E-state index is 0.00734. The lowest BCUT2D eigenvalue weighted by Gasteiger charge is -2.14. The number of hydrogen-bond donors (Lipinski definition) is 0. The molecule has 0 unspecified atom stereocenters.